The third-order valence-electron chi connectivity index (χ3n) is 5.30. The Morgan fingerprint density at radius 2 is 2.10 bits per heavy atom. The summed E-state index contributed by atoms with van der Waals surface area (Å²) in [6, 6.07) is 5.82. The molecule has 29 heavy (non-hydrogen) atoms. The summed E-state index contributed by atoms with van der Waals surface area (Å²) in [5, 5.41) is 6.93. The molecule has 0 aromatic heterocycles. The normalized spacial score (nSPS) is 22.7. The Morgan fingerprint density at radius 3 is 2.72 bits per heavy atom. The number of morpholine rings is 1. The highest BCUT2D eigenvalue weighted by Gasteiger charge is 2.40. The summed E-state index contributed by atoms with van der Waals surface area (Å²) in [7, 11) is 3.45. The molecule has 2 aliphatic heterocycles. The van der Waals surface area contributed by atoms with Crippen molar-refractivity contribution in [3.8, 4) is 11.5 Å². The minimum absolute atomic E-state index is 0. The number of guanidine groups is 1. The van der Waals surface area contributed by atoms with E-state index in [4.69, 9.17) is 14.2 Å². The van der Waals surface area contributed by atoms with Gasteiger partial charge in [-0.3, -0.25) is 9.89 Å². The largest absolute Gasteiger partial charge is 0.493 e. The monoisotopic (exact) mass is 536 g/mol. The molecule has 2 fully saturated rings. The van der Waals surface area contributed by atoms with Crippen molar-refractivity contribution < 1.29 is 14.2 Å². The third-order valence-corrected chi connectivity index (χ3v) is 6.53. The first kappa shape index (κ1) is 24.4. The number of rotatable bonds is 7. The van der Waals surface area contributed by atoms with Crippen LogP contribution in [0.25, 0.3) is 0 Å². The van der Waals surface area contributed by atoms with Gasteiger partial charge in [-0.15, -0.1) is 24.0 Å². The summed E-state index contributed by atoms with van der Waals surface area (Å²) in [6.07, 6.45) is 1.19. The first-order valence-corrected chi connectivity index (χ1v) is 11.1. The SMILES string of the molecule is CCOc1cc(NC(=NC)NCC2(N3CCOCC3)CCSC2)ccc1OC.I. The second-order valence-corrected chi connectivity index (χ2v) is 8.08. The van der Waals surface area contributed by atoms with Crippen LogP contribution in [0.2, 0.25) is 0 Å². The first-order valence-electron chi connectivity index (χ1n) is 9.90. The molecule has 1 aromatic rings. The van der Waals surface area contributed by atoms with Crippen LogP contribution in [0.5, 0.6) is 11.5 Å². The number of nitrogens with zero attached hydrogens (tertiary/aromatic N) is 2. The van der Waals surface area contributed by atoms with Gasteiger partial charge in [0.25, 0.3) is 0 Å². The average Bonchev–Trinajstić information content (AvgIpc) is 3.22. The Hall–Kier alpha value is -0.910. The van der Waals surface area contributed by atoms with Gasteiger partial charge >= 0.3 is 0 Å². The van der Waals surface area contributed by atoms with E-state index >= 15 is 0 Å². The summed E-state index contributed by atoms with van der Waals surface area (Å²) < 4.78 is 16.6. The van der Waals surface area contributed by atoms with Gasteiger partial charge in [0, 0.05) is 49.7 Å². The van der Waals surface area contributed by atoms with E-state index < -0.39 is 0 Å². The Bertz CT molecular complexity index is 665. The zero-order chi connectivity index (χ0) is 19.8. The molecule has 0 radical (unpaired) electrons. The highest BCUT2D eigenvalue weighted by molar-refractivity contribution is 14.0. The van der Waals surface area contributed by atoms with Crippen molar-refractivity contribution in [2.75, 3.05) is 70.4 Å². The van der Waals surface area contributed by atoms with E-state index in [1.165, 1.54) is 12.2 Å². The van der Waals surface area contributed by atoms with Crippen LogP contribution >= 0.6 is 35.7 Å². The summed E-state index contributed by atoms with van der Waals surface area (Å²) in [5.74, 6) is 4.57. The van der Waals surface area contributed by atoms with E-state index in [0.29, 0.717) is 6.61 Å². The molecule has 0 spiro atoms. The molecular weight excluding hydrogens is 503 g/mol. The van der Waals surface area contributed by atoms with Crippen LogP contribution in [0.4, 0.5) is 5.69 Å². The number of halogens is 1. The zero-order valence-corrected chi connectivity index (χ0v) is 20.7. The van der Waals surface area contributed by atoms with Crippen molar-refractivity contribution in [1.29, 1.82) is 0 Å². The minimum Gasteiger partial charge on any atom is -0.493 e. The van der Waals surface area contributed by atoms with Crippen LogP contribution in [0.1, 0.15) is 13.3 Å². The van der Waals surface area contributed by atoms with Gasteiger partial charge in [-0.2, -0.15) is 11.8 Å². The van der Waals surface area contributed by atoms with Gasteiger partial charge in [0.15, 0.2) is 17.5 Å². The molecule has 1 aromatic carbocycles. The molecule has 1 atom stereocenters. The fourth-order valence-electron chi connectivity index (χ4n) is 3.72. The molecular formula is C20H33IN4O3S. The minimum atomic E-state index is 0. The predicted octanol–water partition coefficient (Wildman–Crippen LogP) is 2.91. The van der Waals surface area contributed by atoms with Crippen molar-refractivity contribution in [3.05, 3.63) is 18.2 Å². The first-order chi connectivity index (χ1) is 13.7. The topological polar surface area (TPSA) is 67.4 Å². The van der Waals surface area contributed by atoms with Gasteiger partial charge in [-0.1, -0.05) is 0 Å². The molecule has 2 aliphatic rings. The molecule has 7 nitrogen and oxygen atoms in total. The fraction of sp³-hybridized carbons (Fsp3) is 0.650. The maximum atomic E-state index is 5.67. The van der Waals surface area contributed by atoms with E-state index in [0.717, 1.165) is 61.7 Å². The lowest BCUT2D eigenvalue weighted by molar-refractivity contribution is -0.0119. The van der Waals surface area contributed by atoms with Crippen LogP contribution in [-0.2, 0) is 4.74 Å². The van der Waals surface area contributed by atoms with Crippen LogP contribution < -0.4 is 20.1 Å². The maximum absolute atomic E-state index is 5.67. The highest BCUT2D eigenvalue weighted by Crippen LogP contribution is 2.34. The summed E-state index contributed by atoms with van der Waals surface area (Å²) in [6.45, 7) is 7.08. The van der Waals surface area contributed by atoms with E-state index in [9.17, 15) is 0 Å². The van der Waals surface area contributed by atoms with Crippen molar-refractivity contribution in [3.63, 3.8) is 0 Å². The van der Waals surface area contributed by atoms with Gasteiger partial charge in [-0.05, 0) is 31.2 Å². The number of thioether (sulfide) groups is 1. The van der Waals surface area contributed by atoms with Gasteiger partial charge in [0.1, 0.15) is 0 Å². The van der Waals surface area contributed by atoms with Crippen LogP contribution in [0.15, 0.2) is 23.2 Å². The lowest BCUT2D eigenvalue weighted by Crippen LogP contribution is -2.59. The molecule has 0 amide bonds. The lowest BCUT2D eigenvalue weighted by Gasteiger charge is -2.43. The molecule has 0 aliphatic carbocycles. The number of hydrogen-bond donors (Lipinski definition) is 2. The smallest absolute Gasteiger partial charge is 0.195 e. The molecule has 2 saturated heterocycles. The lowest BCUT2D eigenvalue weighted by atomic mass is 9.95. The quantitative estimate of drug-likeness (QED) is 0.316. The number of hydrogen-bond acceptors (Lipinski definition) is 6. The number of aliphatic imine (C=N–C) groups is 1. The van der Waals surface area contributed by atoms with E-state index in [2.05, 4.69) is 20.5 Å². The standard InChI is InChI=1S/C20H32N4O3S.HI/c1-4-27-18-13-16(5-6-17(18)25-3)23-19(21-2)22-14-20(7-12-28-15-20)24-8-10-26-11-9-24;/h5-6,13H,4,7-12,14-15H2,1-3H3,(H2,21,22,23);1H. The molecule has 0 bridgehead atoms. The Morgan fingerprint density at radius 1 is 1.31 bits per heavy atom. The molecule has 9 heteroatoms. The summed E-state index contributed by atoms with van der Waals surface area (Å²) >= 11 is 2.04. The molecule has 2 heterocycles. The summed E-state index contributed by atoms with van der Waals surface area (Å²) in [4.78, 5) is 7.01. The molecule has 3 rings (SSSR count). The number of anilines is 1. The van der Waals surface area contributed by atoms with Gasteiger partial charge in [-0.25, -0.2) is 0 Å². The van der Waals surface area contributed by atoms with Crippen molar-refractivity contribution in [1.82, 2.24) is 10.2 Å². The molecule has 1 unspecified atom stereocenters. The Labute approximate surface area is 195 Å². The third kappa shape index (κ3) is 6.28. The number of benzene rings is 1. The molecule has 0 saturated carbocycles. The Balaban J connectivity index is 0.00000300. The second-order valence-electron chi connectivity index (χ2n) is 6.98. The second kappa shape index (κ2) is 12.1. The Kier molecular flexibility index (Phi) is 10.1. The van der Waals surface area contributed by atoms with Gasteiger partial charge in [0.2, 0.25) is 0 Å². The van der Waals surface area contributed by atoms with Crippen molar-refractivity contribution in [2.24, 2.45) is 4.99 Å². The number of ether oxygens (including phenoxy) is 3. The van der Waals surface area contributed by atoms with Gasteiger partial charge < -0.3 is 24.8 Å². The van der Waals surface area contributed by atoms with Crippen LogP contribution in [-0.4, -0.2) is 81.5 Å². The summed E-state index contributed by atoms with van der Waals surface area (Å²) in [5.41, 5.74) is 1.08. The molecule has 164 valence electrons. The number of nitrogens with one attached hydrogen (secondary N) is 2. The predicted molar refractivity (Wildman–Crippen MR) is 132 cm³/mol. The van der Waals surface area contributed by atoms with Crippen LogP contribution in [0.3, 0.4) is 0 Å². The van der Waals surface area contributed by atoms with E-state index in [1.807, 2.05) is 36.9 Å². The average molecular weight is 536 g/mol. The van der Waals surface area contributed by atoms with Crippen molar-refractivity contribution >= 4 is 47.4 Å². The van der Waals surface area contributed by atoms with Crippen LogP contribution in [0, 0.1) is 0 Å². The number of methoxy groups -OCH3 is 1. The fourth-order valence-corrected chi connectivity index (χ4v) is 5.20. The zero-order valence-electron chi connectivity index (χ0n) is 17.5. The highest BCUT2D eigenvalue weighted by atomic mass is 127. The van der Waals surface area contributed by atoms with Crippen molar-refractivity contribution in [2.45, 2.75) is 18.9 Å². The van der Waals surface area contributed by atoms with Gasteiger partial charge in [0.05, 0.1) is 26.9 Å². The maximum Gasteiger partial charge on any atom is 0.195 e. The van der Waals surface area contributed by atoms with E-state index in [-0.39, 0.29) is 29.5 Å². The molecule has 2 N–H and O–H groups in total. The van der Waals surface area contributed by atoms with E-state index in [1.54, 1.807) is 14.2 Å².